The molecule has 13 rings (SSSR count). The van der Waals surface area contributed by atoms with Gasteiger partial charge < -0.3 is 9.13 Å². The van der Waals surface area contributed by atoms with Crippen LogP contribution >= 0.6 is 0 Å². The van der Waals surface area contributed by atoms with Gasteiger partial charge in [-0.25, -0.2) is 0 Å². The van der Waals surface area contributed by atoms with Crippen LogP contribution in [0.1, 0.15) is 0 Å². The SMILES string of the molecule is O=c1c2ccc(-c3ccc4c(c3)c3cc(-c5ccc6c(c5)c5ccccc5n6-c5ccccc5)ccc3n4-c3ccccc3)cc2n2c3ccccc3cc2n1-c1ccccc1. The minimum absolute atomic E-state index is 0.0372. The van der Waals surface area contributed by atoms with Gasteiger partial charge in [0.25, 0.3) is 5.56 Å². The van der Waals surface area contributed by atoms with E-state index in [0.717, 1.165) is 66.9 Å². The van der Waals surface area contributed by atoms with Gasteiger partial charge in [0.1, 0.15) is 5.65 Å². The quantitative estimate of drug-likeness (QED) is 0.171. The van der Waals surface area contributed by atoms with Gasteiger partial charge in [-0.05, 0) is 125 Å². The van der Waals surface area contributed by atoms with E-state index in [1.807, 2.05) is 41.0 Å². The second-order valence-corrected chi connectivity index (χ2v) is 16.2. The average molecular weight is 793 g/mol. The molecule has 0 unspecified atom stereocenters. The summed E-state index contributed by atoms with van der Waals surface area (Å²) >= 11 is 0. The summed E-state index contributed by atoms with van der Waals surface area (Å²) in [5.74, 6) is 0. The predicted octanol–water partition coefficient (Wildman–Crippen LogP) is 13.9. The molecule has 290 valence electrons. The molecule has 4 aromatic heterocycles. The maximum absolute atomic E-state index is 14.4. The Morgan fingerprint density at radius 1 is 0.274 bits per heavy atom. The zero-order valence-electron chi connectivity index (χ0n) is 33.5. The third-order valence-electron chi connectivity index (χ3n) is 12.7. The Bertz CT molecular complexity index is 3980. The molecule has 0 bridgehead atoms. The predicted molar refractivity (Wildman–Crippen MR) is 258 cm³/mol. The Labute approximate surface area is 355 Å². The van der Waals surface area contributed by atoms with Crippen LogP contribution in [0.15, 0.2) is 223 Å². The van der Waals surface area contributed by atoms with Crippen LogP contribution in [0.4, 0.5) is 0 Å². The van der Waals surface area contributed by atoms with E-state index in [1.54, 1.807) is 0 Å². The van der Waals surface area contributed by atoms with Crippen molar-refractivity contribution < 1.29 is 0 Å². The van der Waals surface area contributed by atoms with Crippen LogP contribution < -0.4 is 5.56 Å². The first-order chi connectivity index (χ1) is 30.7. The van der Waals surface area contributed by atoms with Crippen molar-refractivity contribution in [3.05, 3.63) is 229 Å². The van der Waals surface area contributed by atoms with E-state index < -0.39 is 0 Å². The Kier molecular flexibility index (Phi) is 7.39. The van der Waals surface area contributed by atoms with Crippen molar-refractivity contribution in [3.63, 3.8) is 0 Å². The highest BCUT2D eigenvalue weighted by Gasteiger charge is 2.19. The van der Waals surface area contributed by atoms with Gasteiger partial charge in [0.15, 0.2) is 0 Å². The molecule has 0 atom stereocenters. The summed E-state index contributed by atoms with van der Waals surface area (Å²) in [7, 11) is 0. The molecule has 0 radical (unpaired) electrons. The van der Waals surface area contributed by atoms with Gasteiger partial charge in [0.2, 0.25) is 0 Å². The van der Waals surface area contributed by atoms with Gasteiger partial charge in [-0.15, -0.1) is 0 Å². The van der Waals surface area contributed by atoms with Gasteiger partial charge in [0, 0.05) is 38.3 Å². The lowest BCUT2D eigenvalue weighted by Crippen LogP contribution is -2.21. The molecule has 0 saturated heterocycles. The Morgan fingerprint density at radius 3 is 1.26 bits per heavy atom. The fraction of sp³-hybridized carbons (Fsp3) is 0. The molecule has 5 heteroatoms. The van der Waals surface area contributed by atoms with E-state index in [9.17, 15) is 4.79 Å². The highest BCUT2D eigenvalue weighted by atomic mass is 16.1. The number of fused-ring (bicyclic) bond motifs is 11. The molecule has 0 N–H and O–H groups in total. The molecule has 5 nitrogen and oxygen atoms in total. The van der Waals surface area contributed by atoms with Crippen molar-refractivity contribution in [2.24, 2.45) is 0 Å². The van der Waals surface area contributed by atoms with Crippen LogP contribution in [0.5, 0.6) is 0 Å². The molecule has 0 fully saturated rings. The third-order valence-corrected chi connectivity index (χ3v) is 12.7. The number of hydrogen-bond acceptors (Lipinski definition) is 1. The summed E-state index contributed by atoms with van der Waals surface area (Å²) in [4.78, 5) is 14.4. The normalized spacial score (nSPS) is 11.9. The minimum Gasteiger partial charge on any atom is -0.309 e. The van der Waals surface area contributed by atoms with Crippen LogP contribution in [0.2, 0.25) is 0 Å². The Morgan fingerprint density at radius 2 is 0.694 bits per heavy atom. The molecule has 0 amide bonds. The summed E-state index contributed by atoms with van der Waals surface area (Å²) < 4.78 is 8.81. The maximum atomic E-state index is 14.4. The molecular formula is C57H36N4O. The second kappa shape index (κ2) is 13.3. The molecule has 0 aliphatic carbocycles. The number of hydrogen-bond donors (Lipinski definition) is 0. The van der Waals surface area contributed by atoms with Crippen LogP contribution in [-0.2, 0) is 0 Å². The molecule has 0 aliphatic rings. The molecule has 0 saturated carbocycles. The van der Waals surface area contributed by atoms with Crippen molar-refractivity contribution in [3.8, 4) is 39.3 Å². The number of benzene rings is 9. The van der Waals surface area contributed by atoms with Crippen LogP contribution in [-0.4, -0.2) is 18.1 Å². The van der Waals surface area contributed by atoms with Gasteiger partial charge in [0.05, 0.1) is 44.2 Å². The van der Waals surface area contributed by atoms with E-state index in [2.05, 4.69) is 196 Å². The molecule has 9 aromatic carbocycles. The topological polar surface area (TPSA) is 36.3 Å². The van der Waals surface area contributed by atoms with E-state index in [-0.39, 0.29) is 5.56 Å². The summed E-state index contributed by atoms with van der Waals surface area (Å²) in [5.41, 5.74) is 15.0. The fourth-order valence-corrected chi connectivity index (χ4v) is 9.93. The lowest BCUT2D eigenvalue weighted by molar-refractivity contribution is 1.01. The summed E-state index contributed by atoms with van der Waals surface area (Å²) in [6.45, 7) is 0. The van der Waals surface area contributed by atoms with Crippen LogP contribution in [0, 0.1) is 0 Å². The smallest absolute Gasteiger partial charge is 0.266 e. The minimum atomic E-state index is -0.0372. The van der Waals surface area contributed by atoms with Crippen LogP contribution in [0.25, 0.3) is 110 Å². The van der Waals surface area contributed by atoms with Crippen molar-refractivity contribution in [2.75, 3.05) is 0 Å². The van der Waals surface area contributed by atoms with E-state index in [0.29, 0.717) is 5.39 Å². The zero-order chi connectivity index (χ0) is 40.9. The molecular weight excluding hydrogens is 757 g/mol. The Balaban J connectivity index is 1.02. The summed E-state index contributed by atoms with van der Waals surface area (Å²) in [6, 6.07) is 77.2. The van der Waals surface area contributed by atoms with Crippen molar-refractivity contribution in [1.29, 1.82) is 0 Å². The van der Waals surface area contributed by atoms with Gasteiger partial charge in [-0.2, -0.15) is 0 Å². The second-order valence-electron chi connectivity index (χ2n) is 16.2. The number of aromatic nitrogens is 4. The van der Waals surface area contributed by atoms with Gasteiger partial charge in [-0.3, -0.25) is 13.8 Å². The standard InChI is InChI=1S/C57H36N4O/c62-57-46-28-24-40(35-55(46)61-50-22-12-10-14-41(50)36-56(61)60(57)44-19-8-3-9-20-44)39-27-31-54-49(34-39)48-33-38(26-30-53(48)59(54)43-17-6-2-7-18-43)37-25-29-52-47(32-37)45-21-11-13-23-51(45)58(52)42-15-4-1-5-16-42/h1-36H. The van der Waals surface area contributed by atoms with Crippen molar-refractivity contribution in [1.82, 2.24) is 18.1 Å². The third kappa shape index (κ3) is 5.06. The zero-order valence-corrected chi connectivity index (χ0v) is 33.5. The highest BCUT2D eigenvalue weighted by molar-refractivity contribution is 6.13. The van der Waals surface area contributed by atoms with Crippen molar-refractivity contribution in [2.45, 2.75) is 0 Å². The first-order valence-electron chi connectivity index (χ1n) is 21.1. The lowest BCUT2D eigenvalue weighted by Gasteiger charge is -2.14. The lowest BCUT2D eigenvalue weighted by atomic mass is 9.99. The van der Waals surface area contributed by atoms with E-state index in [1.165, 1.54) is 38.1 Å². The van der Waals surface area contributed by atoms with E-state index in [4.69, 9.17) is 0 Å². The number of nitrogens with zero attached hydrogens (tertiary/aromatic N) is 4. The Hall–Kier alpha value is -8.41. The molecule has 13 aromatic rings. The van der Waals surface area contributed by atoms with Gasteiger partial charge >= 0.3 is 0 Å². The monoisotopic (exact) mass is 792 g/mol. The fourth-order valence-electron chi connectivity index (χ4n) is 9.93. The molecule has 4 heterocycles. The summed E-state index contributed by atoms with van der Waals surface area (Å²) in [5, 5.41) is 6.57. The molecule has 0 aliphatic heterocycles. The largest absolute Gasteiger partial charge is 0.309 e. The number of rotatable bonds is 5. The number of para-hydroxylation sites is 5. The maximum Gasteiger partial charge on any atom is 0.266 e. The average Bonchev–Trinajstić information content (AvgIpc) is 3.99. The van der Waals surface area contributed by atoms with Crippen LogP contribution in [0.3, 0.4) is 0 Å². The molecule has 62 heavy (non-hydrogen) atoms. The first kappa shape index (κ1) is 34.5. The summed E-state index contributed by atoms with van der Waals surface area (Å²) in [6.07, 6.45) is 0. The first-order valence-corrected chi connectivity index (χ1v) is 21.1. The highest BCUT2D eigenvalue weighted by Crippen LogP contribution is 2.40. The van der Waals surface area contributed by atoms with Gasteiger partial charge in [-0.1, -0.05) is 115 Å². The molecule has 0 spiro atoms. The van der Waals surface area contributed by atoms with Crippen molar-refractivity contribution >= 4 is 71.1 Å². The van der Waals surface area contributed by atoms with E-state index >= 15 is 0 Å².